The molecule has 1 aliphatic rings. The van der Waals surface area contributed by atoms with Gasteiger partial charge in [-0.3, -0.25) is 4.79 Å². The van der Waals surface area contributed by atoms with E-state index in [4.69, 9.17) is 0 Å². The number of hydrogen-bond acceptors (Lipinski definition) is 3. The van der Waals surface area contributed by atoms with Crippen molar-refractivity contribution in [2.75, 3.05) is 0 Å². The number of thiazole rings is 1. The molecule has 0 radical (unpaired) electrons. The SMILES string of the molecule is O=C1CCCc2sc(-c3cccc(C(F)(F)F)c3F)nc21. The molecule has 0 aliphatic heterocycles. The third-order valence-electron chi connectivity index (χ3n) is 3.30. The van der Waals surface area contributed by atoms with Crippen molar-refractivity contribution < 1.29 is 22.4 Å². The van der Waals surface area contributed by atoms with Gasteiger partial charge >= 0.3 is 6.18 Å². The molecular weight excluding hydrogens is 306 g/mol. The standard InChI is InChI=1S/C14H9F4NOS/c15-11-7(3-1-4-8(11)14(16,17)18)13-19-12-9(20)5-2-6-10(12)21-13/h1,3-4H,2,5-6H2. The Balaban J connectivity index is 2.12. The lowest BCUT2D eigenvalue weighted by molar-refractivity contribution is -0.139. The zero-order valence-corrected chi connectivity index (χ0v) is 11.4. The van der Waals surface area contributed by atoms with Crippen LogP contribution in [0.15, 0.2) is 18.2 Å². The zero-order valence-electron chi connectivity index (χ0n) is 10.6. The molecule has 0 unspecified atom stereocenters. The summed E-state index contributed by atoms with van der Waals surface area (Å²) in [4.78, 5) is 16.5. The van der Waals surface area contributed by atoms with E-state index >= 15 is 0 Å². The van der Waals surface area contributed by atoms with E-state index in [2.05, 4.69) is 4.98 Å². The lowest BCUT2D eigenvalue weighted by Gasteiger charge is -2.09. The molecule has 2 aromatic rings. The second kappa shape index (κ2) is 4.91. The van der Waals surface area contributed by atoms with Crippen LogP contribution in [0, 0.1) is 5.82 Å². The molecule has 0 saturated carbocycles. The number of alkyl halides is 3. The fraction of sp³-hybridized carbons (Fsp3) is 0.286. The Morgan fingerprint density at radius 2 is 1.95 bits per heavy atom. The molecule has 0 bridgehead atoms. The van der Waals surface area contributed by atoms with Gasteiger partial charge in [0.15, 0.2) is 5.78 Å². The van der Waals surface area contributed by atoms with Crippen molar-refractivity contribution in [3.63, 3.8) is 0 Å². The Morgan fingerprint density at radius 1 is 1.19 bits per heavy atom. The fourth-order valence-corrected chi connectivity index (χ4v) is 3.44. The van der Waals surface area contributed by atoms with E-state index in [1.807, 2.05) is 0 Å². The molecule has 2 nitrogen and oxygen atoms in total. The normalized spacial score (nSPS) is 15.1. The van der Waals surface area contributed by atoms with Crippen molar-refractivity contribution in [1.29, 1.82) is 0 Å². The number of fused-ring (bicyclic) bond motifs is 1. The minimum absolute atomic E-state index is 0.124. The Hall–Kier alpha value is -1.76. The van der Waals surface area contributed by atoms with Crippen LogP contribution in [0.1, 0.15) is 33.8 Å². The van der Waals surface area contributed by atoms with Crippen LogP contribution in [0.2, 0.25) is 0 Å². The molecule has 1 heterocycles. The van der Waals surface area contributed by atoms with Gasteiger partial charge in [-0.15, -0.1) is 11.3 Å². The first kappa shape index (κ1) is 14.2. The van der Waals surface area contributed by atoms with E-state index in [1.165, 1.54) is 6.07 Å². The van der Waals surface area contributed by atoms with Crippen molar-refractivity contribution in [3.05, 3.63) is 40.2 Å². The highest BCUT2D eigenvalue weighted by molar-refractivity contribution is 7.15. The summed E-state index contributed by atoms with van der Waals surface area (Å²) in [5, 5.41) is 0.124. The highest BCUT2D eigenvalue weighted by Gasteiger charge is 2.35. The third-order valence-corrected chi connectivity index (χ3v) is 4.45. The van der Waals surface area contributed by atoms with Crippen LogP contribution in [0.3, 0.4) is 0 Å². The van der Waals surface area contributed by atoms with Gasteiger partial charge in [0, 0.05) is 16.9 Å². The Bertz CT molecular complexity index is 720. The Morgan fingerprint density at radius 3 is 2.62 bits per heavy atom. The number of nitrogens with zero attached hydrogens (tertiary/aromatic N) is 1. The first-order valence-electron chi connectivity index (χ1n) is 6.27. The van der Waals surface area contributed by atoms with Crippen molar-refractivity contribution in [3.8, 4) is 10.6 Å². The van der Waals surface area contributed by atoms with Crippen LogP contribution in [-0.4, -0.2) is 10.8 Å². The monoisotopic (exact) mass is 315 g/mol. The number of benzene rings is 1. The van der Waals surface area contributed by atoms with Gasteiger partial charge in [-0.25, -0.2) is 9.37 Å². The average molecular weight is 315 g/mol. The molecule has 21 heavy (non-hydrogen) atoms. The smallest absolute Gasteiger partial charge is 0.292 e. The first-order valence-corrected chi connectivity index (χ1v) is 7.08. The predicted octanol–water partition coefficient (Wildman–Crippen LogP) is 4.49. The van der Waals surface area contributed by atoms with Crippen molar-refractivity contribution in [1.82, 2.24) is 4.98 Å². The fourth-order valence-electron chi connectivity index (χ4n) is 2.30. The number of halogens is 4. The van der Waals surface area contributed by atoms with Crippen LogP contribution in [0.4, 0.5) is 17.6 Å². The summed E-state index contributed by atoms with van der Waals surface area (Å²) in [6, 6.07) is 3.08. The number of ketones is 1. The summed E-state index contributed by atoms with van der Waals surface area (Å²) < 4.78 is 52.2. The zero-order chi connectivity index (χ0) is 15.2. The Kier molecular flexibility index (Phi) is 3.32. The molecule has 1 aromatic heterocycles. The van der Waals surface area contributed by atoms with Gasteiger partial charge < -0.3 is 0 Å². The number of aryl methyl sites for hydroxylation is 1. The maximum atomic E-state index is 14.1. The summed E-state index contributed by atoms with van der Waals surface area (Å²) in [5.41, 5.74) is -1.26. The van der Waals surface area contributed by atoms with E-state index < -0.39 is 17.6 Å². The lowest BCUT2D eigenvalue weighted by Crippen LogP contribution is -2.09. The molecule has 0 N–H and O–H groups in total. The first-order chi connectivity index (χ1) is 9.88. The minimum atomic E-state index is -4.76. The van der Waals surface area contributed by atoms with Crippen molar-refractivity contribution >= 4 is 17.1 Å². The predicted molar refractivity (Wildman–Crippen MR) is 69.8 cm³/mol. The second-order valence-electron chi connectivity index (χ2n) is 4.73. The number of Topliss-reactive ketones (excluding diaryl/α,β-unsaturated/α-hetero) is 1. The second-order valence-corrected chi connectivity index (χ2v) is 5.82. The maximum Gasteiger partial charge on any atom is 0.419 e. The van der Waals surface area contributed by atoms with Gasteiger partial charge in [-0.1, -0.05) is 6.07 Å². The van der Waals surface area contributed by atoms with E-state index in [9.17, 15) is 22.4 Å². The molecule has 0 atom stereocenters. The largest absolute Gasteiger partial charge is 0.419 e. The van der Waals surface area contributed by atoms with Crippen LogP contribution < -0.4 is 0 Å². The molecule has 1 aliphatic carbocycles. The lowest BCUT2D eigenvalue weighted by atomic mass is 10.0. The molecule has 0 spiro atoms. The van der Waals surface area contributed by atoms with Gasteiger partial charge in [-0.05, 0) is 25.0 Å². The van der Waals surface area contributed by atoms with Gasteiger partial charge in [-0.2, -0.15) is 13.2 Å². The van der Waals surface area contributed by atoms with E-state index in [1.54, 1.807) is 0 Å². The van der Waals surface area contributed by atoms with E-state index in [0.717, 1.165) is 22.3 Å². The van der Waals surface area contributed by atoms with E-state index in [0.29, 0.717) is 25.3 Å². The highest BCUT2D eigenvalue weighted by Crippen LogP contribution is 2.38. The van der Waals surface area contributed by atoms with Crippen LogP contribution in [0.5, 0.6) is 0 Å². The van der Waals surface area contributed by atoms with Crippen molar-refractivity contribution in [2.45, 2.75) is 25.4 Å². The van der Waals surface area contributed by atoms with E-state index in [-0.39, 0.29) is 22.0 Å². The molecule has 0 amide bonds. The Labute approximate surface area is 121 Å². The summed E-state index contributed by atoms with van der Waals surface area (Å²) in [5.74, 6) is -1.48. The van der Waals surface area contributed by atoms with Crippen LogP contribution >= 0.6 is 11.3 Å². The summed E-state index contributed by atoms with van der Waals surface area (Å²) in [6.07, 6.45) is -3.04. The molecular formula is C14H9F4NOS. The molecule has 0 fully saturated rings. The number of aromatic nitrogens is 1. The number of rotatable bonds is 1. The van der Waals surface area contributed by atoms with Crippen LogP contribution in [-0.2, 0) is 12.6 Å². The minimum Gasteiger partial charge on any atom is -0.292 e. The van der Waals surface area contributed by atoms with Crippen LogP contribution in [0.25, 0.3) is 10.6 Å². The molecule has 7 heteroatoms. The maximum absolute atomic E-state index is 14.1. The van der Waals surface area contributed by atoms with Gasteiger partial charge in [0.05, 0.1) is 5.56 Å². The average Bonchev–Trinajstić information content (AvgIpc) is 2.83. The molecule has 110 valence electrons. The molecule has 3 rings (SSSR count). The number of hydrogen-bond donors (Lipinski definition) is 0. The van der Waals surface area contributed by atoms with Crippen molar-refractivity contribution in [2.24, 2.45) is 0 Å². The summed E-state index contributed by atoms with van der Waals surface area (Å²) in [7, 11) is 0. The number of carbonyl (C=O) groups is 1. The summed E-state index contributed by atoms with van der Waals surface area (Å²) in [6.45, 7) is 0. The highest BCUT2D eigenvalue weighted by atomic mass is 32.1. The molecule has 1 aromatic carbocycles. The quantitative estimate of drug-likeness (QED) is 0.726. The third kappa shape index (κ3) is 2.46. The van der Waals surface area contributed by atoms with Gasteiger partial charge in [0.2, 0.25) is 0 Å². The molecule has 0 saturated heterocycles. The summed E-state index contributed by atoms with van der Waals surface area (Å²) >= 11 is 1.09. The van der Waals surface area contributed by atoms with Gasteiger partial charge in [0.25, 0.3) is 0 Å². The topological polar surface area (TPSA) is 30.0 Å². The van der Waals surface area contributed by atoms with Gasteiger partial charge in [0.1, 0.15) is 16.5 Å². The number of carbonyl (C=O) groups excluding carboxylic acids is 1.